The molecule has 0 aliphatic carbocycles. The van der Waals surface area contributed by atoms with Gasteiger partial charge in [0.15, 0.2) is 0 Å². The van der Waals surface area contributed by atoms with Crippen molar-refractivity contribution in [2.75, 3.05) is 5.01 Å². The molecule has 0 N–H and O–H groups in total. The molecule has 0 unspecified atom stereocenters. The Balaban J connectivity index is 2.00. The molecule has 2 atom stereocenters. The molecule has 1 aliphatic rings. The molecule has 5 heteroatoms. The highest BCUT2D eigenvalue weighted by molar-refractivity contribution is 6.36. The summed E-state index contributed by atoms with van der Waals surface area (Å²) >= 11 is 12.2. The number of halogens is 3. The van der Waals surface area contributed by atoms with Crippen LogP contribution in [0.25, 0.3) is 0 Å². The monoisotopic (exact) mass is 322 g/mol. The summed E-state index contributed by atoms with van der Waals surface area (Å²) in [5.41, 5.74) is 1.78. The van der Waals surface area contributed by atoms with Crippen LogP contribution in [0.5, 0.6) is 0 Å². The van der Waals surface area contributed by atoms with Crippen LogP contribution < -0.4 is 5.01 Å². The largest absolute Gasteiger partial charge is 0.256 e. The van der Waals surface area contributed by atoms with Crippen molar-refractivity contribution in [2.24, 2.45) is 11.0 Å². The van der Waals surface area contributed by atoms with Gasteiger partial charge in [0.05, 0.1) is 16.8 Å². The molecule has 2 aromatic rings. The van der Waals surface area contributed by atoms with Crippen LogP contribution >= 0.6 is 23.2 Å². The van der Waals surface area contributed by atoms with Crippen LogP contribution in [0.3, 0.4) is 0 Å². The maximum atomic E-state index is 13.1. The second-order valence-electron chi connectivity index (χ2n) is 5.06. The molecule has 108 valence electrons. The third kappa shape index (κ3) is 2.76. The van der Waals surface area contributed by atoms with Crippen molar-refractivity contribution in [2.45, 2.75) is 13.0 Å². The van der Waals surface area contributed by atoms with E-state index in [1.165, 1.54) is 12.1 Å². The Morgan fingerprint density at radius 1 is 1.10 bits per heavy atom. The van der Waals surface area contributed by atoms with E-state index >= 15 is 0 Å². The topological polar surface area (TPSA) is 15.6 Å². The van der Waals surface area contributed by atoms with E-state index in [9.17, 15) is 4.39 Å². The number of nitrogens with zero attached hydrogens (tertiary/aromatic N) is 2. The van der Waals surface area contributed by atoms with Gasteiger partial charge in [0.2, 0.25) is 0 Å². The lowest BCUT2D eigenvalue weighted by atomic mass is 9.95. The van der Waals surface area contributed by atoms with E-state index < -0.39 is 0 Å². The number of benzene rings is 2. The SMILES string of the molecule is C[C@@H]1C=NN(c2ccc(Cl)cc2Cl)[C@@H]1c1ccc(F)cc1. The fourth-order valence-electron chi connectivity index (χ4n) is 2.54. The second-order valence-corrected chi connectivity index (χ2v) is 5.90. The van der Waals surface area contributed by atoms with E-state index in [0.29, 0.717) is 10.0 Å². The number of anilines is 1. The molecule has 2 nitrogen and oxygen atoms in total. The highest BCUT2D eigenvalue weighted by atomic mass is 35.5. The minimum absolute atomic E-state index is 0.00993. The molecule has 0 aromatic heterocycles. The highest BCUT2D eigenvalue weighted by Gasteiger charge is 2.31. The maximum Gasteiger partial charge on any atom is 0.123 e. The first kappa shape index (κ1) is 14.4. The number of hydrogen-bond donors (Lipinski definition) is 0. The molecule has 1 heterocycles. The summed E-state index contributed by atoms with van der Waals surface area (Å²) in [5, 5.41) is 7.43. The van der Waals surface area contributed by atoms with Gasteiger partial charge in [0.1, 0.15) is 5.82 Å². The molecule has 0 saturated heterocycles. The van der Waals surface area contributed by atoms with Crippen molar-refractivity contribution >= 4 is 35.1 Å². The average Bonchev–Trinajstić information content (AvgIpc) is 2.82. The van der Waals surface area contributed by atoms with Gasteiger partial charge in [0.25, 0.3) is 0 Å². The molecule has 21 heavy (non-hydrogen) atoms. The zero-order valence-electron chi connectivity index (χ0n) is 11.3. The van der Waals surface area contributed by atoms with Gasteiger partial charge in [-0.25, -0.2) is 4.39 Å². The second kappa shape index (κ2) is 5.66. The molecule has 0 bridgehead atoms. The van der Waals surface area contributed by atoms with Crippen LogP contribution in [0.1, 0.15) is 18.5 Å². The zero-order valence-corrected chi connectivity index (χ0v) is 12.8. The predicted molar refractivity (Wildman–Crippen MR) is 85.7 cm³/mol. The third-order valence-electron chi connectivity index (χ3n) is 3.56. The van der Waals surface area contributed by atoms with Crippen molar-refractivity contribution in [3.63, 3.8) is 0 Å². The van der Waals surface area contributed by atoms with Gasteiger partial charge in [0, 0.05) is 17.2 Å². The summed E-state index contributed by atoms with van der Waals surface area (Å²) in [4.78, 5) is 0. The van der Waals surface area contributed by atoms with Gasteiger partial charge in [-0.3, -0.25) is 5.01 Å². The smallest absolute Gasteiger partial charge is 0.123 e. The number of hydrogen-bond acceptors (Lipinski definition) is 2. The Morgan fingerprint density at radius 2 is 1.81 bits per heavy atom. The maximum absolute atomic E-state index is 13.1. The first-order chi connectivity index (χ1) is 10.1. The quantitative estimate of drug-likeness (QED) is 0.731. The molecule has 0 saturated carbocycles. The van der Waals surface area contributed by atoms with E-state index in [-0.39, 0.29) is 17.8 Å². The Morgan fingerprint density at radius 3 is 2.48 bits per heavy atom. The van der Waals surface area contributed by atoms with Gasteiger partial charge in [-0.1, -0.05) is 42.3 Å². The van der Waals surface area contributed by atoms with Crippen LogP contribution in [-0.2, 0) is 0 Å². The van der Waals surface area contributed by atoms with Crippen molar-refractivity contribution < 1.29 is 4.39 Å². The van der Waals surface area contributed by atoms with Crippen molar-refractivity contribution in [1.29, 1.82) is 0 Å². The van der Waals surface area contributed by atoms with E-state index in [4.69, 9.17) is 23.2 Å². The van der Waals surface area contributed by atoms with Gasteiger partial charge in [-0.2, -0.15) is 5.10 Å². The summed E-state index contributed by atoms with van der Waals surface area (Å²) in [6.07, 6.45) is 1.87. The molecular weight excluding hydrogens is 310 g/mol. The fraction of sp³-hybridized carbons (Fsp3) is 0.188. The Kier molecular flexibility index (Phi) is 3.87. The summed E-state index contributed by atoms with van der Waals surface area (Å²) in [7, 11) is 0. The normalized spacial score (nSPS) is 21.0. The summed E-state index contributed by atoms with van der Waals surface area (Å²) in [6, 6.07) is 11.8. The van der Waals surface area contributed by atoms with Crippen LogP contribution in [0.15, 0.2) is 47.6 Å². The molecule has 0 fully saturated rings. The van der Waals surface area contributed by atoms with E-state index in [1.54, 1.807) is 24.3 Å². The average molecular weight is 323 g/mol. The van der Waals surface area contributed by atoms with Crippen molar-refractivity contribution in [3.05, 3.63) is 63.9 Å². The molecular formula is C16H13Cl2FN2. The van der Waals surface area contributed by atoms with Gasteiger partial charge in [-0.15, -0.1) is 0 Å². The van der Waals surface area contributed by atoms with Crippen LogP contribution in [-0.4, -0.2) is 6.21 Å². The zero-order chi connectivity index (χ0) is 15.0. The predicted octanol–water partition coefficient (Wildman–Crippen LogP) is 5.32. The van der Waals surface area contributed by atoms with Crippen molar-refractivity contribution in [3.8, 4) is 0 Å². The minimum atomic E-state index is -0.249. The van der Waals surface area contributed by atoms with Gasteiger partial charge >= 0.3 is 0 Å². The summed E-state index contributed by atoms with van der Waals surface area (Å²) in [6.45, 7) is 2.07. The van der Waals surface area contributed by atoms with E-state index in [0.717, 1.165) is 11.3 Å². The van der Waals surface area contributed by atoms with Crippen LogP contribution in [0.4, 0.5) is 10.1 Å². The van der Waals surface area contributed by atoms with Gasteiger partial charge in [-0.05, 0) is 35.9 Å². The minimum Gasteiger partial charge on any atom is -0.256 e. The molecule has 0 amide bonds. The lowest BCUT2D eigenvalue weighted by Gasteiger charge is -2.27. The first-order valence-corrected chi connectivity index (χ1v) is 7.35. The van der Waals surface area contributed by atoms with Crippen LogP contribution in [0.2, 0.25) is 10.0 Å². The van der Waals surface area contributed by atoms with E-state index in [2.05, 4.69) is 12.0 Å². The van der Waals surface area contributed by atoms with Gasteiger partial charge < -0.3 is 0 Å². The standard InChI is InChI=1S/C16H13Cl2FN2/c1-10-9-20-21(15-7-4-12(17)8-14(15)18)16(10)11-2-5-13(19)6-3-11/h2-10,16H,1H3/t10-,16+/m1/s1. The Labute approximate surface area is 132 Å². The molecule has 3 rings (SSSR count). The molecule has 0 radical (unpaired) electrons. The van der Waals surface area contributed by atoms with Crippen LogP contribution in [0, 0.1) is 11.7 Å². The number of rotatable bonds is 2. The Bertz CT molecular complexity index is 685. The number of hydrazone groups is 1. The molecule has 0 spiro atoms. The molecule has 1 aliphatic heterocycles. The Hall–Kier alpha value is -1.58. The lowest BCUT2D eigenvalue weighted by molar-refractivity contribution is 0.586. The highest BCUT2D eigenvalue weighted by Crippen LogP contribution is 2.40. The lowest BCUT2D eigenvalue weighted by Crippen LogP contribution is -2.23. The van der Waals surface area contributed by atoms with E-state index in [1.807, 2.05) is 17.3 Å². The summed E-state index contributed by atoms with van der Waals surface area (Å²) in [5.74, 6) is -0.0522. The summed E-state index contributed by atoms with van der Waals surface area (Å²) < 4.78 is 13.1. The third-order valence-corrected chi connectivity index (χ3v) is 4.09. The molecule has 2 aromatic carbocycles. The fourth-order valence-corrected chi connectivity index (χ4v) is 3.03. The van der Waals surface area contributed by atoms with Crippen molar-refractivity contribution in [1.82, 2.24) is 0 Å². The first-order valence-electron chi connectivity index (χ1n) is 6.60.